The minimum atomic E-state index is -0.481. The smallest absolute Gasteiger partial charge is 0.307 e. The SMILES string of the molecule is N/C(=C\c1cccc(Cl)c1)C(=O)NC1CC(=O)OCC1N. The first-order valence-electron chi connectivity index (χ1n) is 6.40. The van der Waals surface area contributed by atoms with Gasteiger partial charge in [0.25, 0.3) is 5.91 Å². The van der Waals surface area contributed by atoms with Crippen LogP contribution in [0.5, 0.6) is 0 Å². The molecule has 5 N–H and O–H groups in total. The Bertz CT molecular complexity index is 589. The van der Waals surface area contributed by atoms with Gasteiger partial charge in [0.1, 0.15) is 6.61 Å². The van der Waals surface area contributed by atoms with Crippen molar-refractivity contribution in [2.24, 2.45) is 11.5 Å². The van der Waals surface area contributed by atoms with Gasteiger partial charge in [-0.05, 0) is 23.8 Å². The molecule has 1 aromatic carbocycles. The Kier molecular flexibility index (Phi) is 4.82. The molecule has 21 heavy (non-hydrogen) atoms. The fourth-order valence-electron chi connectivity index (χ4n) is 1.95. The molecule has 1 amide bonds. The van der Waals surface area contributed by atoms with Crippen molar-refractivity contribution in [2.75, 3.05) is 6.61 Å². The van der Waals surface area contributed by atoms with E-state index >= 15 is 0 Å². The molecule has 1 aliphatic rings. The molecular weight excluding hydrogens is 294 g/mol. The predicted molar refractivity (Wildman–Crippen MR) is 79.1 cm³/mol. The van der Waals surface area contributed by atoms with E-state index in [0.29, 0.717) is 10.6 Å². The maximum Gasteiger partial charge on any atom is 0.307 e. The Morgan fingerprint density at radius 3 is 2.95 bits per heavy atom. The van der Waals surface area contributed by atoms with Gasteiger partial charge in [0.2, 0.25) is 0 Å². The molecule has 1 aliphatic heterocycles. The summed E-state index contributed by atoms with van der Waals surface area (Å²) in [5.74, 6) is -0.871. The summed E-state index contributed by atoms with van der Waals surface area (Å²) in [6.45, 7) is 0.0850. The van der Waals surface area contributed by atoms with Crippen molar-refractivity contribution in [1.29, 1.82) is 0 Å². The molecule has 1 saturated heterocycles. The van der Waals surface area contributed by atoms with Crippen LogP contribution in [0.25, 0.3) is 6.08 Å². The summed E-state index contributed by atoms with van der Waals surface area (Å²) >= 11 is 5.86. The highest BCUT2D eigenvalue weighted by atomic mass is 35.5. The zero-order chi connectivity index (χ0) is 15.4. The molecule has 0 bridgehead atoms. The third-order valence-corrected chi connectivity index (χ3v) is 3.32. The maximum atomic E-state index is 12.0. The topological polar surface area (TPSA) is 107 Å². The molecule has 2 rings (SSSR count). The summed E-state index contributed by atoms with van der Waals surface area (Å²) < 4.78 is 4.80. The van der Waals surface area contributed by atoms with E-state index in [-0.39, 0.29) is 24.7 Å². The number of nitrogens with one attached hydrogen (secondary N) is 1. The van der Waals surface area contributed by atoms with Crippen molar-refractivity contribution in [3.63, 3.8) is 0 Å². The number of carbonyl (C=O) groups is 2. The minimum Gasteiger partial charge on any atom is -0.464 e. The molecule has 0 spiro atoms. The lowest BCUT2D eigenvalue weighted by atomic mass is 10.0. The molecule has 2 atom stereocenters. The second-order valence-corrected chi connectivity index (χ2v) is 5.22. The van der Waals surface area contributed by atoms with Crippen LogP contribution >= 0.6 is 11.6 Å². The fourth-order valence-corrected chi connectivity index (χ4v) is 2.15. The van der Waals surface area contributed by atoms with Crippen molar-refractivity contribution < 1.29 is 14.3 Å². The zero-order valence-corrected chi connectivity index (χ0v) is 12.0. The predicted octanol–water partition coefficient (Wildman–Crippen LogP) is 0.399. The van der Waals surface area contributed by atoms with Gasteiger partial charge >= 0.3 is 5.97 Å². The van der Waals surface area contributed by atoms with Gasteiger partial charge in [0.05, 0.1) is 24.2 Å². The average Bonchev–Trinajstić information content (AvgIpc) is 2.43. The number of ether oxygens (including phenoxy) is 1. The Labute approximate surface area is 127 Å². The number of cyclic esters (lactones) is 1. The zero-order valence-electron chi connectivity index (χ0n) is 11.2. The molecule has 1 heterocycles. The van der Waals surface area contributed by atoms with E-state index in [2.05, 4.69) is 5.32 Å². The molecule has 2 unspecified atom stereocenters. The molecule has 0 aliphatic carbocycles. The molecule has 1 fully saturated rings. The van der Waals surface area contributed by atoms with Crippen LogP contribution in [-0.4, -0.2) is 30.6 Å². The van der Waals surface area contributed by atoms with Crippen molar-refractivity contribution in [2.45, 2.75) is 18.5 Å². The summed E-state index contributed by atoms with van der Waals surface area (Å²) in [6.07, 6.45) is 1.55. The number of amides is 1. The van der Waals surface area contributed by atoms with E-state index in [1.54, 1.807) is 24.3 Å². The van der Waals surface area contributed by atoms with Gasteiger partial charge < -0.3 is 21.5 Å². The summed E-state index contributed by atoms with van der Waals surface area (Å²) in [5, 5.41) is 3.19. The highest BCUT2D eigenvalue weighted by molar-refractivity contribution is 6.30. The lowest BCUT2D eigenvalue weighted by Gasteiger charge is -2.28. The average molecular weight is 310 g/mol. The van der Waals surface area contributed by atoms with E-state index in [1.807, 2.05) is 0 Å². The van der Waals surface area contributed by atoms with Crippen molar-refractivity contribution >= 4 is 29.6 Å². The number of esters is 1. The Morgan fingerprint density at radius 2 is 2.24 bits per heavy atom. The molecule has 1 aromatic rings. The van der Waals surface area contributed by atoms with Gasteiger partial charge in [-0.1, -0.05) is 23.7 Å². The first-order chi connectivity index (χ1) is 9.95. The van der Waals surface area contributed by atoms with Gasteiger partial charge in [0.15, 0.2) is 0 Å². The summed E-state index contributed by atoms with van der Waals surface area (Å²) in [7, 11) is 0. The van der Waals surface area contributed by atoms with Crippen molar-refractivity contribution in [1.82, 2.24) is 5.32 Å². The van der Waals surface area contributed by atoms with Crippen LogP contribution in [0.15, 0.2) is 30.0 Å². The molecule has 6 nitrogen and oxygen atoms in total. The molecule has 0 aromatic heterocycles. The van der Waals surface area contributed by atoms with Crippen LogP contribution in [-0.2, 0) is 14.3 Å². The number of nitrogens with two attached hydrogens (primary N) is 2. The third kappa shape index (κ3) is 4.21. The van der Waals surface area contributed by atoms with Gasteiger partial charge in [-0.25, -0.2) is 0 Å². The van der Waals surface area contributed by atoms with Crippen LogP contribution in [0, 0.1) is 0 Å². The normalized spacial score (nSPS) is 22.6. The number of rotatable bonds is 3. The number of hydrogen-bond acceptors (Lipinski definition) is 5. The largest absolute Gasteiger partial charge is 0.464 e. The highest BCUT2D eigenvalue weighted by Gasteiger charge is 2.29. The number of halogens is 1. The monoisotopic (exact) mass is 309 g/mol. The van der Waals surface area contributed by atoms with Gasteiger partial charge in [-0.2, -0.15) is 0 Å². The summed E-state index contributed by atoms with van der Waals surface area (Å²) in [5.41, 5.74) is 12.3. The van der Waals surface area contributed by atoms with E-state index < -0.39 is 18.0 Å². The lowest BCUT2D eigenvalue weighted by molar-refractivity contribution is -0.149. The lowest BCUT2D eigenvalue weighted by Crippen LogP contribution is -2.54. The van der Waals surface area contributed by atoms with E-state index in [4.69, 9.17) is 27.8 Å². The number of benzene rings is 1. The van der Waals surface area contributed by atoms with E-state index in [0.717, 1.165) is 0 Å². The van der Waals surface area contributed by atoms with Gasteiger partial charge in [0, 0.05) is 5.02 Å². The Morgan fingerprint density at radius 1 is 1.48 bits per heavy atom. The highest BCUT2D eigenvalue weighted by Crippen LogP contribution is 2.13. The van der Waals surface area contributed by atoms with Crippen LogP contribution in [0.3, 0.4) is 0 Å². The Balaban J connectivity index is 2.03. The molecule has 7 heteroatoms. The molecule has 0 saturated carbocycles. The van der Waals surface area contributed by atoms with Gasteiger partial charge in [-0.3, -0.25) is 9.59 Å². The minimum absolute atomic E-state index is 0.0170. The van der Waals surface area contributed by atoms with Crippen molar-refractivity contribution in [3.8, 4) is 0 Å². The molecule has 0 radical (unpaired) electrons. The first kappa shape index (κ1) is 15.3. The van der Waals surface area contributed by atoms with E-state index in [1.165, 1.54) is 6.08 Å². The quantitative estimate of drug-likeness (QED) is 0.553. The standard InChI is InChI=1S/C14H16ClN3O3/c15-9-3-1-2-8(4-9)5-10(16)14(20)18-12-6-13(19)21-7-11(12)17/h1-5,11-12H,6-7,16-17H2,(H,18,20)/b10-5-. The van der Waals surface area contributed by atoms with Crippen LogP contribution in [0.2, 0.25) is 5.02 Å². The van der Waals surface area contributed by atoms with Crippen LogP contribution < -0.4 is 16.8 Å². The van der Waals surface area contributed by atoms with Crippen LogP contribution in [0.4, 0.5) is 0 Å². The summed E-state index contributed by atoms with van der Waals surface area (Å²) in [6, 6.07) is 6.02. The first-order valence-corrected chi connectivity index (χ1v) is 6.78. The molecule has 112 valence electrons. The summed E-state index contributed by atoms with van der Waals surface area (Å²) in [4.78, 5) is 23.2. The van der Waals surface area contributed by atoms with Crippen LogP contribution in [0.1, 0.15) is 12.0 Å². The second-order valence-electron chi connectivity index (χ2n) is 4.79. The third-order valence-electron chi connectivity index (χ3n) is 3.09. The fraction of sp³-hybridized carbons (Fsp3) is 0.286. The maximum absolute atomic E-state index is 12.0. The second kappa shape index (κ2) is 6.60. The number of hydrogen-bond donors (Lipinski definition) is 3. The Hall–Kier alpha value is -2.05. The molecular formula is C14H16ClN3O3. The van der Waals surface area contributed by atoms with E-state index in [9.17, 15) is 9.59 Å². The van der Waals surface area contributed by atoms with Gasteiger partial charge in [-0.15, -0.1) is 0 Å². The number of carbonyl (C=O) groups excluding carboxylic acids is 2. The van der Waals surface area contributed by atoms with Crippen molar-refractivity contribution in [3.05, 3.63) is 40.5 Å².